The van der Waals surface area contributed by atoms with E-state index in [0.29, 0.717) is 12.2 Å². The summed E-state index contributed by atoms with van der Waals surface area (Å²) >= 11 is 0. The summed E-state index contributed by atoms with van der Waals surface area (Å²) in [5.74, 6) is -0.874. The Morgan fingerprint density at radius 1 is 1.27 bits per heavy atom. The molecule has 0 spiro atoms. The second-order valence-electron chi connectivity index (χ2n) is 3.68. The minimum atomic E-state index is -0.874. The lowest BCUT2D eigenvalue weighted by Gasteiger charge is -2.01. The van der Waals surface area contributed by atoms with Crippen molar-refractivity contribution in [2.24, 2.45) is 0 Å². The maximum atomic E-state index is 10.4. The van der Waals surface area contributed by atoms with Crippen LogP contribution in [-0.2, 0) is 9.53 Å². The first-order chi connectivity index (χ1) is 7.18. The third kappa shape index (κ3) is 9.47. The molecule has 3 nitrogen and oxygen atoms in total. The quantitative estimate of drug-likeness (QED) is 0.474. The van der Waals surface area contributed by atoms with Crippen LogP contribution in [0.5, 0.6) is 0 Å². The molecule has 0 saturated carbocycles. The lowest BCUT2D eigenvalue weighted by molar-refractivity contribution is -0.132. The molecular weight excluding hydrogens is 192 g/mol. The molecule has 0 atom stereocenters. The number of unbranched alkanes of at least 4 members (excludes halogenated alkanes) is 4. The molecule has 0 amide bonds. The van der Waals surface area contributed by atoms with Crippen LogP contribution in [0, 0.1) is 0 Å². The van der Waals surface area contributed by atoms with E-state index in [2.05, 4.69) is 6.92 Å². The number of aliphatic carboxylic acids is 1. The van der Waals surface area contributed by atoms with E-state index >= 15 is 0 Å². The number of carboxylic acids is 1. The van der Waals surface area contributed by atoms with Gasteiger partial charge in [0.05, 0.1) is 6.61 Å². The first-order valence-electron chi connectivity index (χ1n) is 5.66. The summed E-state index contributed by atoms with van der Waals surface area (Å²) in [4.78, 5) is 10.4. The summed E-state index contributed by atoms with van der Waals surface area (Å²) in [5, 5.41) is 8.56. The average Bonchev–Trinajstić information content (AvgIpc) is 2.21. The van der Waals surface area contributed by atoms with Crippen LogP contribution in [0.3, 0.4) is 0 Å². The molecule has 0 aromatic rings. The summed E-state index contributed by atoms with van der Waals surface area (Å²) < 4.78 is 5.29. The fraction of sp³-hybridized carbons (Fsp3) is 0.750. The number of carboxylic acid groups (broad SMARTS) is 1. The van der Waals surface area contributed by atoms with Crippen molar-refractivity contribution < 1.29 is 14.6 Å². The Labute approximate surface area is 92.1 Å². The molecule has 0 aromatic carbocycles. The van der Waals surface area contributed by atoms with Gasteiger partial charge in [-0.15, -0.1) is 0 Å². The lowest BCUT2D eigenvalue weighted by atomic mass is 10.2. The zero-order valence-corrected chi connectivity index (χ0v) is 9.79. The van der Waals surface area contributed by atoms with Crippen molar-refractivity contribution in [2.45, 2.75) is 46.0 Å². The molecular formula is C12H22O3. The van der Waals surface area contributed by atoms with Gasteiger partial charge in [-0.1, -0.05) is 32.6 Å². The van der Waals surface area contributed by atoms with Crippen LogP contribution >= 0.6 is 0 Å². The molecule has 0 heterocycles. The fourth-order valence-corrected chi connectivity index (χ4v) is 1.16. The maximum Gasteiger partial charge on any atom is 0.331 e. The van der Waals surface area contributed by atoms with E-state index in [4.69, 9.17) is 9.84 Å². The molecule has 15 heavy (non-hydrogen) atoms. The highest BCUT2D eigenvalue weighted by Gasteiger charge is 1.97. The van der Waals surface area contributed by atoms with E-state index < -0.39 is 5.97 Å². The Morgan fingerprint density at radius 2 is 1.93 bits per heavy atom. The highest BCUT2D eigenvalue weighted by atomic mass is 16.5. The lowest BCUT2D eigenvalue weighted by Crippen LogP contribution is -2.00. The number of hydrogen-bond donors (Lipinski definition) is 1. The van der Waals surface area contributed by atoms with Gasteiger partial charge < -0.3 is 9.84 Å². The first kappa shape index (κ1) is 14.2. The molecule has 88 valence electrons. The van der Waals surface area contributed by atoms with Crippen molar-refractivity contribution in [1.82, 2.24) is 0 Å². The molecule has 0 saturated heterocycles. The van der Waals surface area contributed by atoms with Crippen LogP contribution in [0.25, 0.3) is 0 Å². The van der Waals surface area contributed by atoms with Gasteiger partial charge in [-0.3, -0.25) is 0 Å². The highest BCUT2D eigenvalue weighted by molar-refractivity contribution is 5.85. The van der Waals surface area contributed by atoms with Crippen molar-refractivity contribution in [3.05, 3.63) is 11.6 Å². The summed E-state index contributed by atoms with van der Waals surface area (Å²) in [5.41, 5.74) is 0.348. The van der Waals surface area contributed by atoms with E-state index in [-0.39, 0.29) is 0 Å². The Balaban J connectivity index is 3.25. The van der Waals surface area contributed by atoms with Crippen molar-refractivity contribution >= 4 is 5.97 Å². The SMILES string of the molecule is CCCCCCCOCC=C(C)C(=O)O. The van der Waals surface area contributed by atoms with Crippen LogP contribution in [0.15, 0.2) is 11.6 Å². The predicted molar refractivity (Wildman–Crippen MR) is 61.0 cm³/mol. The minimum Gasteiger partial charge on any atom is -0.478 e. The topological polar surface area (TPSA) is 46.5 Å². The van der Waals surface area contributed by atoms with E-state index in [1.165, 1.54) is 25.7 Å². The van der Waals surface area contributed by atoms with Gasteiger partial charge in [-0.25, -0.2) is 4.79 Å². The second kappa shape index (κ2) is 9.71. The van der Waals surface area contributed by atoms with Gasteiger partial charge in [0.25, 0.3) is 0 Å². The molecule has 0 rings (SSSR count). The van der Waals surface area contributed by atoms with Gasteiger partial charge in [-0.2, -0.15) is 0 Å². The Hall–Kier alpha value is -0.830. The van der Waals surface area contributed by atoms with Crippen molar-refractivity contribution in [2.75, 3.05) is 13.2 Å². The number of hydrogen-bond acceptors (Lipinski definition) is 2. The largest absolute Gasteiger partial charge is 0.478 e. The molecule has 1 N–H and O–H groups in total. The number of carbonyl (C=O) groups is 1. The summed E-state index contributed by atoms with van der Waals surface area (Å²) in [7, 11) is 0. The van der Waals surface area contributed by atoms with Gasteiger partial charge in [0.1, 0.15) is 0 Å². The first-order valence-corrected chi connectivity index (χ1v) is 5.66. The van der Waals surface area contributed by atoms with E-state index in [9.17, 15) is 4.79 Å². The van der Waals surface area contributed by atoms with E-state index in [1.807, 2.05) is 0 Å². The fourth-order valence-electron chi connectivity index (χ4n) is 1.16. The second-order valence-corrected chi connectivity index (χ2v) is 3.68. The summed E-state index contributed by atoms with van der Waals surface area (Å²) in [6, 6.07) is 0. The molecule has 0 fully saturated rings. The molecule has 0 radical (unpaired) electrons. The van der Waals surface area contributed by atoms with Crippen LogP contribution in [0.2, 0.25) is 0 Å². The van der Waals surface area contributed by atoms with Crippen LogP contribution in [0.4, 0.5) is 0 Å². The van der Waals surface area contributed by atoms with Gasteiger partial charge in [-0.05, 0) is 19.4 Å². The molecule has 0 bridgehead atoms. The molecule has 0 unspecified atom stereocenters. The zero-order valence-electron chi connectivity index (χ0n) is 9.79. The molecule has 0 aliphatic carbocycles. The Bertz CT molecular complexity index is 197. The zero-order chi connectivity index (χ0) is 11.5. The Kier molecular flexibility index (Phi) is 9.18. The summed E-state index contributed by atoms with van der Waals surface area (Å²) in [6.45, 7) is 4.90. The number of ether oxygens (including phenoxy) is 1. The van der Waals surface area contributed by atoms with Crippen LogP contribution < -0.4 is 0 Å². The van der Waals surface area contributed by atoms with Crippen molar-refractivity contribution in [3.8, 4) is 0 Å². The van der Waals surface area contributed by atoms with Crippen molar-refractivity contribution in [1.29, 1.82) is 0 Å². The van der Waals surface area contributed by atoms with E-state index in [1.54, 1.807) is 13.0 Å². The van der Waals surface area contributed by atoms with Crippen LogP contribution in [0.1, 0.15) is 46.0 Å². The third-order valence-corrected chi connectivity index (χ3v) is 2.24. The van der Waals surface area contributed by atoms with E-state index in [0.717, 1.165) is 13.0 Å². The normalized spacial score (nSPS) is 11.7. The standard InChI is InChI=1S/C12H22O3/c1-3-4-5-6-7-9-15-10-8-11(2)12(13)14/h8H,3-7,9-10H2,1-2H3,(H,13,14). The van der Waals surface area contributed by atoms with Crippen LogP contribution in [-0.4, -0.2) is 24.3 Å². The third-order valence-electron chi connectivity index (χ3n) is 2.24. The van der Waals surface area contributed by atoms with Gasteiger partial charge in [0, 0.05) is 12.2 Å². The number of rotatable bonds is 9. The Morgan fingerprint density at radius 3 is 2.53 bits per heavy atom. The average molecular weight is 214 g/mol. The molecule has 0 aliphatic heterocycles. The molecule has 0 aromatic heterocycles. The smallest absolute Gasteiger partial charge is 0.331 e. The van der Waals surface area contributed by atoms with Gasteiger partial charge in [0.2, 0.25) is 0 Å². The molecule has 3 heteroatoms. The monoisotopic (exact) mass is 214 g/mol. The highest BCUT2D eigenvalue weighted by Crippen LogP contribution is 2.02. The minimum absolute atomic E-state index is 0.348. The van der Waals surface area contributed by atoms with Gasteiger partial charge >= 0.3 is 5.97 Å². The maximum absolute atomic E-state index is 10.4. The predicted octanol–water partition coefficient (Wildman–Crippen LogP) is 3.00. The van der Waals surface area contributed by atoms with Gasteiger partial charge in [0.15, 0.2) is 0 Å². The van der Waals surface area contributed by atoms with Crippen molar-refractivity contribution in [3.63, 3.8) is 0 Å². The summed E-state index contributed by atoms with van der Waals surface area (Å²) in [6.07, 6.45) is 7.69. The molecule has 0 aliphatic rings.